The highest BCUT2D eigenvalue weighted by Gasteiger charge is 2.50. The number of carbonyl (C=O) groups excluding carboxylic acids is 2. The number of nitrogens with one attached hydrogen (secondary N) is 1. The molecule has 35 heavy (non-hydrogen) atoms. The fraction of sp³-hybridized carbons (Fsp3) is 0.333. The number of para-hydroxylation sites is 1. The molecule has 0 fully saturated rings. The average molecular weight is 481 g/mol. The number of aliphatic hydroxyl groups excluding tert-OH is 2. The maximum atomic E-state index is 14.5. The first kappa shape index (κ1) is 24.6. The second-order valence-electron chi connectivity index (χ2n) is 8.62. The molecular weight excluding hydrogens is 451 g/mol. The van der Waals surface area contributed by atoms with Gasteiger partial charge in [-0.15, -0.1) is 6.58 Å². The van der Waals surface area contributed by atoms with Gasteiger partial charge in [0.25, 0.3) is 0 Å². The van der Waals surface area contributed by atoms with E-state index in [0.29, 0.717) is 23.3 Å². The van der Waals surface area contributed by atoms with Gasteiger partial charge in [0.15, 0.2) is 0 Å². The Hall–Kier alpha value is -3.49. The molecule has 0 radical (unpaired) electrons. The van der Waals surface area contributed by atoms with Gasteiger partial charge in [0.1, 0.15) is 23.8 Å². The number of aliphatic hydroxyl groups is 2. The molecule has 4 rings (SSSR count). The second-order valence-corrected chi connectivity index (χ2v) is 8.62. The Morgan fingerprint density at radius 1 is 1.17 bits per heavy atom. The normalized spacial score (nSPS) is 22.3. The summed E-state index contributed by atoms with van der Waals surface area (Å²) in [6.45, 7) is 3.40. The third kappa shape index (κ3) is 4.99. The minimum Gasteiger partial charge on any atom is -0.486 e. The van der Waals surface area contributed by atoms with E-state index in [1.165, 1.54) is 11.0 Å². The zero-order valence-corrected chi connectivity index (χ0v) is 19.3. The van der Waals surface area contributed by atoms with Crippen LogP contribution in [0.1, 0.15) is 29.9 Å². The van der Waals surface area contributed by atoms with E-state index in [1.807, 2.05) is 12.1 Å². The summed E-state index contributed by atoms with van der Waals surface area (Å²) in [5.74, 6) is -1.18. The number of hydrogen-bond donors (Lipinski definition) is 3. The maximum absolute atomic E-state index is 14.5. The van der Waals surface area contributed by atoms with Crippen molar-refractivity contribution in [2.24, 2.45) is 0 Å². The monoisotopic (exact) mass is 480 g/mol. The lowest BCUT2D eigenvalue weighted by atomic mass is 9.77. The molecule has 4 atom stereocenters. The summed E-state index contributed by atoms with van der Waals surface area (Å²) < 4.78 is 20.6. The van der Waals surface area contributed by atoms with E-state index in [9.17, 15) is 24.2 Å². The van der Waals surface area contributed by atoms with Crippen LogP contribution in [-0.4, -0.2) is 58.3 Å². The lowest BCUT2D eigenvalue weighted by molar-refractivity contribution is -0.138. The van der Waals surface area contributed by atoms with Crippen LogP contribution in [0, 0.1) is 5.82 Å². The summed E-state index contributed by atoms with van der Waals surface area (Å²) in [6.07, 6.45) is 1.75. The van der Waals surface area contributed by atoms with Gasteiger partial charge < -0.3 is 25.2 Å². The van der Waals surface area contributed by atoms with Crippen molar-refractivity contribution < 1.29 is 28.9 Å². The number of hydrogen-bond acceptors (Lipinski definition) is 5. The van der Waals surface area contributed by atoms with E-state index < -0.39 is 35.9 Å². The molecule has 2 amide bonds. The summed E-state index contributed by atoms with van der Waals surface area (Å²) >= 11 is 0. The van der Waals surface area contributed by atoms with Gasteiger partial charge in [-0.3, -0.25) is 9.59 Å². The van der Waals surface area contributed by atoms with Gasteiger partial charge in [-0.1, -0.05) is 42.5 Å². The predicted octanol–water partition coefficient (Wildman–Crippen LogP) is 2.44. The highest BCUT2D eigenvalue weighted by molar-refractivity contribution is 5.96. The standard InChI is InChI=1S/C27H29FN2O5/c1-2-3-12-23(32)30(16-17-8-4-6-10-20(17)28)21-15-19(27(34)29-13-14-31)24-18-9-5-7-11-22(18)35-26(24)25(21)33/h2,4-11,15,21,24-26,31,33H,1,3,12-14,16H2,(H,29,34)/t21-,24+,25+,26+/m1/s1. The maximum Gasteiger partial charge on any atom is 0.247 e. The van der Waals surface area contributed by atoms with Crippen molar-refractivity contribution >= 4 is 11.8 Å². The van der Waals surface area contributed by atoms with E-state index >= 15 is 0 Å². The Balaban J connectivity index is 1.76. The van der Waals surface area contributed by atoms with Crippen LogP contribution in [0.3, 0.4) is 0 Å². The first-order valence-electron chi connectivity index (χ1n) is 11.6. The highest BCUT2D eigenvalue weighted by Crippen LogP contribution is 2.47. The molecule has 1 aliphatic heterocycles. The largest absolute Gasteiger partial charge is 0.486 e. The lowest BCUT2D eigenvalue weighted by Gasteiger charge is -2.41. The number of carbonyl (C=O) groups is 2. The molecule has 2 aromatic carbocycles. The molecule has 7 nitrogen and oxygen atoms in total. The van der Waals surface area contributed by atoms with Gasteiger partial charge in [0, 0.05) is 36.2 Å². The van der Waals surface area contributed by atoms with Crippen molar-refractivity contribution in [1.29, 1.82) is 0 Å². The van der Waals surface area contributed by atoms with Crippen LogP contribution in [0.4, 0.5) is 4.39 Å². The molecular formula is C27H29FN2O5. The molecule has 0 spiro atoms. The molecule has 0 aromatic heterocycles. The van der Waals surface area contributed by atoms with E-state index in [-0.39, 0.29) is 32.0 Å². The Morgan fingerprint density at radius 3 is 2.66 bits per heavy atom. The predicted molar refractivity (Wildman–Crippen MR) is 128 cm³/mol. The number of ether oxygens (including phenoxy) is 1. The molecule has 1 heterocycles. The van der Waals surface area contributed by atoms with Crippen LogP contribution >= 0.6 is 0 Å². The van der Waals surface area contributed by atoms with Crippen molar-refractivity contribution in [2.45, 2.75) is 43.6 Å². The van der Waals surface area contributed by atoms with Gasteiger partial charge in [-0.2, -0.15) is 0 Å². The summed E-state index contributed by atoms with van der Waals surface area (Å²) in [5, 5.41) is 23.3. The van der Waals surface area contributed by atoms with Crippen molar-refractivity contribution in [2.75, 3.05) is 13.2 Å². The summed E-state index contributed by atoms with van der Waals surface area (Å²) in [6, 6.07) is 12.5. The summed E-state index contributed by atoms with van der Waals surface area (Å²) in [7, 11) is 0. The molecule has 8 heteroatoms. The van der Waals surface area contributed by atoms with Crippen LogP contribution in [0.5, 0.6) is 5.75 Å². The molecule has 184 valence electrons. The van der Waals surface area contributed by atoms with E-state index in [1.54, 1.807) is 42.5 Å². The zero-order chi connectivity index (χ0) is 24.9. The summed E-state index contributed by atoms with van der Waals surface area (Å²) in [4.78, 5) is 27.8. The Labute approximate surface area is 203 Å². The van der Waals surface area contributed by atoms with Crippen molar-refractivity contribution in [1.82, 2.24) is 10.2 Å². The van der Waals surface area contributed by atoms with Crippen LogP contribution in [0.25, 0.3) is 0 Å². The number of benzene rings is 2. The molecule has 3 N–H and O–H groups in total. The van der Waals surface area contributed by atoms with Gasteiger partial charge >= 0.3 is 0 Å². The molecule has 2 aromatic rings. The quantitative estimate of drug-likeness (QED) is 0.479. The van der Waals surface area contributed by atoms with Crippen LogP contribution < -0.4 is 10.1 Å². The van der Waals surface area contributed by atoms with E-state index in [0.717, 1.165) is 5.56 Å². The average Bonchev–Trinajstić information content (AvgIpc) is 3.26. The first-order chi connectivity index (χ1) is 17.0. The third-order valence-corrected chi connectivity index (χ3v) is 6.42. The minimum absolute atomic E-state index is 0.0560. The van der Waals surface area contributed by atoms with Crippen molar-refractivity contribution in [3.05, 3.63) is 89.8 Å². The van der Waals surface area contributed by atoms with Gasteiger partial charge in [0.2, 0.25) is 11.8 Å². The Kier molecular flexibility index (Phi) is 7.63. The smallest absolute Gasteiger partial charge is 0.247 e. The fourth-order valence-corrected chi connectivity index (χ4v) is 4.73. The fourth-order valence-electron chi connectivity index (χ4n) is 4.73. The van der Waals surface area contributed by atoms with E-state index in [2.05, 4.69) is 11.9 Å². The number of rotatable bonds is 9. The number of allylic oxidation sites excluding steroid dienone is 1. The first-order valence-corrected chi connectivity index (χ1v) is 11.6. The number of amides is 2. The molecule has 0 saturated heterocycles. The van der Waals surface area contributed by atoms with E-state index in [4.69, 9.17) is 4.74 Å². The number of fused-ring (bicyclic) bond motifs is 3. The number of halogens is 1. The minimum atomic E-state index is -1.17. The zero-order valence-electron chi connectivity index (χ0n) is 19.3. The lowest BCUT2D eigenvalue weighted by Crippen LogP contribution is -2.55. The van der Waals surface area contributed by atoms with Gasteiger partial charge in [-0.25, -0.2) is 4.39 Å². The molecule has 1 aliphatic carbocycles. The topological polar surface area (TPSA) is 99.1 Å². The van der Waals surface area contributed by atoms with Crippen molar-refractivity contribution in [3.63, 3.8) is 0 Å². The molecule has 0 unspecified atom stereocenters. The SMILES string of the molecule is C=CCCC(=O)N(Cc1ccccc1F)[C@@H]1C=C(C(=O)NCCO)[C@@H]2c3ccccc3O[C@@H]2[C@H]1O. The Morgan fingerprint density at radius 2 is 1.91 bits per heavy atom. The van der Waals surface area contributed by atoms with Crippen LogP contribution in [0.15, 0.2) is 72.8 Å². The van der Waals surface area contributed by atoms with Crippen molar-refractivity contribution in [3.8, 4) is 5.75 Å². The van der Waals surface area contributed by atoms with Gasteiger partial charge in [0.05, 0.1) is 18.6 Å². The third-order valence-electron chi connectivity index (χ3n) is 6.42. The van der Waals surface area contributed by atoms with Crippen LogP contribution in [-0.2, 0) is 16.1 Å². The molecule has 0 saturated carbocycles. The van der Waals surface area contributed by atoms with Gasteiger partial charge in [-0.05, 0) is 24.6 Å². The molecule has 2 aliphatic rings. The van der Waals surface area contributed by atoms with Crippen LogP contribution in [0.2, 0.25) is 0 Å². The summed E-state index contributed by atoms with van der Waals surface area (Å²) in [5.41, 5.74) is 1.39. The highest BCUT2D eigenvalue weighted by atomic mass is 19.1. The molecule has 0 bridgehead atoms. The number of nitrogens with zero attached hydrogens (tertiary/aromatic N) is 1. The Bertz CT molecular complexity index is 1130. The second kappa shape index (κ2) is 10.8.